The van der Waals surface area contributed by atoms with Gasteiger partial charge < -0.3 is 9.26 Å². The molecule has 20 heavy (non-hydrogen) atoms. The van der Waals surface area contributed by atoms with Crippen LogP contribution in [0, 0.1) is 13.8 Å². The van der Waals surface area contributed by atoms with E-state index < -0.39 is 6.36 Å². The van der Waals surface area contributed by atoms with E-state index in [0.29, 0.717) is 17.0 Å². The van der Waals surface area contributed by atoms with Gasteiger partial charge >= 0.3 is 6.36 Å². The Morgan fingerprint density at radius 2 is 1.80 bits per heavy atom. The second-order valence-electron chi connectivity index (χ2n) is 4.10. The van der Waals surface area contributed by atoms with Crippen LogP contribution in [0.4, 0.5) is 13.2 Å². The highest BCUT2D eigenvalue weighted by Gasteiger charge is 2.31. The minimum absolute atomic E-state index is 0.230. The molecule has 0 atom stereocenters. The first-order chi connectivity index (χ1) is 9.28. The van der Waals surface area contributed by atoms with Gasteiger partial charge in [0, 0.05) is 5.56 Å². The molecular weight excluding hydrogens is 275 g/mol. The molecule has 2 aromatic rings. The van der Waals surface area contributed by atoms with Gasteiger partial charge in [-0.2, -0.15) is 0 Å². The molecule has 1 heterocycles. The Labute approximate surface area is 112 Å². The van der Waals surface area contributed by atoms with E-state index in [9.17, 15) is 18.0 Å². The first-order valence-electron chi connectivity index (χ1n) is 5.61. The van der Waals surface area contributed by atoms with Gasteiger partial charge in [0.2, 0.25) is 0 Å². The Morgan fingerprint density at radius 3 is 2.25 bits per heavy atom. The smallest absolute Gasteiger partial charge is 0.406 e. The molecule has 0 spiro atoms. The molecule has 0 bridgehead atoms. The predicted octanol–water partition coefficient (Wildman–Crippen LogP) is 3.42. The molecule has 0 aliphatic carbocycles. The largest absolute Gasteiger partial charge is 0.573 e. The average molecular weight is 285 g/mol. The number of benzene rings is 1. The van der Waals surface area contributed by atoms with Crippen LogP contribution < -0.4 is 4.74 Å². The van der Waals surface area contributed by atoms with Crippen molar-refractivity contribution >= 4 is 5.78 Å². The lowest BCUT2D eigenvalue weighted by molar-refractivity contribution is -0.274. The first-order valence-corrected chi connectivity index (χ1v) is 5.61. The normalized spacial score (nSPS) is 11.4. The number of aryl methyl sites for hydroxylation is 2. The zero-order chi connectivity index (χ0) is 14.9. The van der Waals surface area contributed by atoms with E-state index in [0.717, 1.165) is 12.1 Å². The maximum Gasteiger partial charge on any atom is 0.573 e. The van der Waals surface area contributed by atoms with E-state index in [1.54, 1.807) is 13.8 Å². The second-order valence-corrected chi connectivity index (χ2v) is 4.10. The molecular formula is C13H10F3NO3. The Hall–Kier alpha value is -2.31. The van der Waals surface area contributed by atoms with E-state index >= 15 is 0 Å². The topological polar surface area (TPSA) is 52.3 Å². The highest BCUT2D eigenvalue weighted by atomic mass is 19.4. The lowest BCUT2D eigenvalue weighted by atomic mass is 10.0. The molecule has 0 aliphatic heterocycles. The van der Waals surface area contributed by atoms with E-state index in [-0.39, 0.29) is 17.1 Å². The summed E-state index contributed by atoms with van der Waals surface area (Å²) in [5.74, 6) is -0.379. The third kappa shape index (κ3) is 2.98. The summed E-state index contributed by atoms with van der Waals surface area (Å²) in [4.78, 5) is 12.2. The lowest BCUT2D eigenvalue weighted by Gasteiger charge is -2.08. The van der Waals surface area contributed by atoms with Gasteiger partial charge in [-0.15, -0.1) is 13.2 Å². The van der Waals surface area contributed by atoms with E-state index in [2.05, 4.69) is 9.89 Å². The minimum Gasteiger partial charge on any atom is -0.406 e. The highest BCUT2D eigenvalue weighted by molar-refractivity contribution is 6.10. The van der Waals surface area contributed by atoms with Gasteiger partial charge in [-0.1, -0.05) is 5.16 Å². The number of rotatable bonds is 3. The van der Waals surface area contributed by atoms with Gasteiger partial charge in [0.25, 0.3) is 0 Å². The van der Waals surface area contributed by atoms with Gasteiger partial charge in [0.1, 0.15) is 11.5 Å². The van der Waals surface area contributed by atoms with Gasteiger partial charge in [0.05, 0.1) is 11.3 Å². The van der Waals surface area contributed by atoms with E-state index in [1.807, 2.05) is 0 Å². The van der Waals surface area contributed by atoms with Gasteiger partial charge in [-0.05, 0) is 38.1 Å². The van der Waals surface area contributed by atoms with Crippen LogP contribution in [0.1, 0.15) is 27.4 Å². The number of ketones is 1. The second kappa shape index (κ2) is 4.99. The van der Waals surface area contributed by atoms with Crippen molar-refractivity contribution in [1.29, 1.82) is 0 Å². The molecule has 4 nitrogen and oxygen atoms in total. The third-order valence-corrected chi connectivity index (χ3v) is 2.61. The van der Waals surface area contributed by atoms with Crippen LogP contribution in [0.5, 0.6) is 5.75 Å². The van der Waals surface area contributed by atoms with Crippen LogP contribution in [0.3, 0.4) is 0 Å². The Balaban J connectivity index is 2.25. The summed E-state index contributed by atoms with van der Waals surface area (Å²) in [6.45, 7) is 3.21. The van der Waals surface area contributed by atoms with Crippen molar-refractivity contribution in [3.05, 3.63) is 46.8 Å². The molecule has 0 radical (unpaired) electrons. The monoisotopic (exact) mass is 285 g/mol. The molecule has 0 aliphatic rings. The fourth-order valence-electron chi connectivity index (χ4n) is 1.76. The molecule has 1 aromatic carbocycles. The summed E-state index contributed by atoms with van der Waals surface area (Å²) < 4.78 is 44.7. The molecule has 0 unspecified atom stereocenters. The van der Waals surface area contributed by atoms with Crippen molar-refractivity contribution in [3.8, 4) is 5.75 Å². The van der Waals surface area contributed by atoms with Gasteiger partial charge in [0.15, 0.2) is 5.78 Å². The molecule has 1 aromatic heterocycles. The van der Waals surface area contributed by atoms with Gasteiger partial charge in [-0.25, -0.2) is 0 Å². The number of ether oxygens (including phenoxy) is 1. The molecule has 0 amide bonds. The zero-order valence-electron chi connectivity index (χ0n) is 10.6. The van der Waals surface area contributed by atoms with Crippen LogP contribution in [-0.4, -0.2) is 17.3 Å². The molecule has 7 heteroatoms. The maximum atomic E-state index is 12.2. The molecule has 106 valence electrons. The summed E-state index contributed by atoms with van der Waals surface area (Å²) in [7, 11) is 0. The Kier molecular flexibility index (Phi) is 3.52. The third-order valence-electron chi connectivity index (χ3n) is 2.61. The van der Waals surface area contributed by atoms with Crippen molar-refractivity contribution in [2.45, 2.75) is 20.2 Å². The number of aromatic nitrogens is 1. The molecule has 0 N–H and O–H groups in total. The van der Waals surface area contributed by atoms with Crippen molar-refractivity contribution in [2.75, 3.05) is 0 Å². The fraction of sp³-hybridized carbons (Fsp3) is 0.231. The summed E-state index contributed by atoms with van der Waals surface area (Å²) >= 11 is 0. The predicted molar refractivity (Wildman–Crippen MR) is 62.5 cm³/mol. The van der Waals surface area contributed by atoms with Crippen LogP contribution in [-0.2, 0) is 0 Å². The molecule has 0 saturated heterocycles. The number of hydrogen-bond donors (Lipinski definition) is 0. The van der Waals surface area contributed by atoms with Crippen LogP contribution >= 0.6 is 0 Å². The number of carbonyl (C=O) groups is 1. The number of hydrogen-bond acceptors (Lipinski definition) is 4. The maximum absolute atomic E-state index is 12.2. The Morgan fingerprint density at radius 1 is 1.20 bits per heavy atom. The number of nitrogens with zero attached hydrogens (tertiary/aromatic N) is 1. The van der Waals surface area contributed by atoms with E-state index in [1.165, 1.54) is 12.1 Å². The lowest BCUT2D eigenvalue weighted by Crippen LogP contribution is -2.17. The highest BCUT2D eigenvalue weighted by Crippen LogP contribution is 2.24. The number of alkyl halides is 3. The van der Waals surface area contributed by atoms with E-state index in [4.69, 9.17) is 4.52 Å². The summed E-state index contributed by atoms with van der Waals surface area (Å²) in [6.07, 6.45) is -4.76. The molecule has 0 saturated carbocycles. The van der Waals surface area contributed by atoms with Crippen molar-refractivity contribution in [1.82, 2.24) is 5.16 Å². The summed E-state index contributed by atoms with van der Waals surface area (Å²) in [5, 5.41) is 3.66. The SMILES string of the molecule is Cc1noc(C)c1C(=O)c1ccc(OC(F)(F)F)cc1. The fourth-order valence-corrected chi connectivity index (χ4v) is 1.76. The van der Waals surface area contributed by atoms with Crippen LogP contribution in [0.25, 0.3) is 0 Å². The quantitative estimate of drug-likeness (QED) is 0.811. The molecule has 2 rings (SSSR count). The molecule has 0 fully saturated rings. The van der Waals surface area contributed by atoms with Gasteiger partial charge in [-0.3, -0.25) is 4.79 Å². The summed E-state index contributed by atoms with van der Waals surface area (Å²) in [5.41, 5.74) is 0.978. The van der Waals surface area contributed by atoms with Crippen molar-refractivity contribution in [3.63, 3.8) is 0 Å². The van der Waals surface area contributed by atoms with Crippen molar-refractivity contribution < 1.29 is 27.2 Å². The number of carbonyl (C=O) groups excluding carboxylic acids is 1. The Bertz CT molecular complexity index is 610. The minimum atomic E-state index is -4.76. The first kappa shape index (κ1) is 14.1. The summed E-state index contributed by atoms with van der Waals surface area (Å²) in [6, 6.07) is 4.68. The average Bonchev–Trinajstić information content (AvgIpc) is 2.67. The van der Waals surface area contributed by atoms with Crippen LogP contribution in [0.15, 0.2) is 28.8 Å². The standard InChI is InChI=1S/C13H10F3NO3/c1-7-11(8(2)20-17-7)12(18)9-3-5-10(6-4-9)19-13(14,15)16/h3-6H,1-2H3. The van der Waals surface area contributed by atoms with Crippen LogP contribution in [0.2, 0.25) is 0 Å². The number of halogens is 3. The van der Waals surface area contributed by atoms with Crippen molar-refractivity contribution in [2.24, 2.45) is 0 Å². The zero-order valence-corrected chi connectivity index (χ0v) is 10.6.